The van der Waals surface area contributed by atoms with Gasteiger partial charge in [-0.25, -0.2) is 10.2 Å². The number of halogens is 2. The number of ether oxygens (including phenoxy) is 2. The van der Waals surface area contributed by atoms with Gasteiger partial charge in [0, 0.05) is 17.1 Å². The van der Waals surface area contributed by atoms with Crippen molar-refractivity contribution in [2.45, 2.75) is 33.5 Å². The van der Waals surface area contributed by atoms with Crippen molar-refractivity contribution in [2.75, 3.05) is 0 Å². The molecule has 4 rings (SSSR count). The fraction of sp³-hybridized carbons (Fsp3) is 0.179. The lowest BCUT2D eigenvalue weighted by Gasteiger charge is -2.14. The molecule has 2 aromatic carbocycles. The van der Waals surface area contributed by atoms with Gasteiger partial charge in [0.05, 0.1) is 15.2 Å². The molecule has 0 aliphatic heterocycles. The number of aryl methyl sites for hydroxylation is 2. The molecule has 2 heterocycles. The largest absolute Gasteiger partial charge is 0.486 e. The number of benzene rings is 2. The third-order valence-corrected chi connectivity index (χ3v) is 6.85. The van der Waals surface area contributed by atoms with Crippen LogP contribution in [0.25, 0.3) is 5.69 Å². The molecule has 0 unspecified atom stereocenters. The highest BCUT2D eigenvalue weighted by molar-refractivity contribution is 9.11. The van der Waals surface area contributed by atoms with E-state index in [-0.39, 0.29) is 12.4 Å². The summed E-state index contributed by atoms with van der Waals surface area (Å²) in [6.07, 6.45) is 0.412. The van der Waals surface area contributed by atoms with Crippen LogP contribution in [-0.4, -0.2) is 33.9 Å². The molecule has 2 aromatic heterocycles. The van der Waals surface area contributed by atoms with E-state index in [1.165, 1.54) is 13.1 Å². The molecule has 0 spiro atoms. The number of rotatable bonds is 10. The van der Waals surface area contributed by atoms with Gasteiger partial charge in [-0.05, 0) is 119 Å². The molecule has 39 heavy (non-hydrogen) atoms. The molecular formula is C28H25Br2N3O6. The Balaban J connectivity index is 1.31. The molecule has 1 atom stereocenters. The first-order valence-electron chi connectivity index (χ1n) is 11.8. The zero-order valence-electron chi connectivity index (χ0n) is 21.3. The Morgan fingerprint density at radius 3 is 2.31 bits per heavy atom. The molecule has 0 aliphatic carbocycles. The third kappa shape index (κ3) is 6.98. The average molecular weight is 659 g/mol. The standard InChI is InChI=1S/C28H25Br2N3O6/c1-16-4-5-17(2)33(16)20-6-8-21(9-7-20)37-15-22-10-11-25(39-22)27(34)32-31-14-19-12-23(29)26(24(30)13-19)38-18(3)28(35)36/h4-14,18H,15H2,1-3H3,(H,32,34)(H,35,36)/b31-14+/t18-/m1/s1. The lowest BCUT2D eigenvalue weighted by atomic mass is 10.2. The third-order valence-electron chi connectivity index (χ3n) is 5.68. The number of amides is 1. The van der Waals surface area contributed by atoms with E-state index in [1.807, 2.05) is 24.3 Å². The zero-order chi connectivity index (χ0) is 28.1. The van der Waals surface area contributed by atoms with E-state index < -0.39 is 18.0 Å². The quantitative estimate of drug-likeness (QED) is 0.150. The molecule has 0 aliphatic rings. The maximum absolute atomic E-state index is 12.4. The van der Waals surface area contributed by atoms with E-state index >= 15 is 0 Å². The van der Waals surface area contributed by atoms with Crippen LogP contribution in [0.15, 0.2) is 79.1 Å². The van der Waals surface area contributed by atoms with Crippen molar-refractivity contribution in [1.29, 1.82) is 0 Å². The number of carbonyl (C=O) groups excluding carboxylic acids is 1. The van der Waals surface area contributed by atoms with Gasteiger partial charge in [-0.1, -0.05) is 0 Å². The summed E-state index contributed by atoms with van der Waals surface area (Å²) in [4.78, 5) is 23.5. The lowest BCUT2D eigenvalue weighted by molar-refractivity contribution is -0.144. The van der Waals surface area contributed by atoms with Crippen LogP contribution in [0.1, 0.15) is 40.2 Å². The minimum atomic E-state index is -1.08. The van der Waals surface area contributed by atoms with Crippen LogP contribution in [-0.2, 0) is 11.4 Å². The normalized spacial score (nSPS) is 11.9. The molecule has 1 amide bonds. The fourth-order valence-corrected chi connectivity index (χ4v) is 5.12. The summed E-state index contributed by atoms with van der Waals surface area (Å²) in [6.45, 7) is 5.71. The Hall–Kier alpha value is -3.83. The van der Waals surface area contributed by atoms with Crippen LogP contribution in [0.2, 0.25) is 0 Å². The van der Waals surface area contributed by atoms with E-state index in [1.54, 1.807) is 24.3 Å². The molecule has 0 fully saturated rings. The van der Waals surface area contributed by atoms with E-state index in [9.17, 15) is 9.59 Å². The van der Waals surface area contributed by atoms with Gasteiger partial charge in [0.25, 0.3) is 0 Å². The smallest absolute Gasteiger partial charge is 0.344 e. The number of hydrazone groups is 1. The maximum atomic E-state index is 12.4. The number of hydrogen-bond acceptors (Lipinski definition) is 6. The van der Waals surface area contributed by atoms with E-state index in [4.69, 9.17) is 19.0 Å². The molecule has 0 saturated heterocycles. The van der Waals surface area contributed by atoms with E-state index in [0.717, 1.165) is 17.1 Å². The van der Waals surface area contributed by atoms with Crippen molar-refractivity contribution >= 4 is 50.0 Å². The van der Waals surface area contributed by atoms with Crippen LogP contribution in [0.4, 0.5) is 0 Å². The van der Waals surface area contributed by atoms with E-state index in [2.05, 4.69) is 72.9 Å². The summed E-state index contributed by atoms with van der Waals surface area (Å²) < 4.78 is 20.1. The fourth-order valence-electron chi connectivity index (χ4n) is 3.71. The lowest BCUT2D eigenvalue weighted by Crippen LogP contribution is -2.23. The van der Waals surface area contributed by atoms with Crippen molar-refractivity contribution in [3.8, 4) is 17.2 Å². The Labute approximate surface area is 241 Å². The summed E-state index contributed by atoms with van der Waals surface area (Å²) in [5.41, 5.74) is 6.41. The predicted molar refractivity (Wildman–Crippen MR) is 153 cm³/mol. The van der Waals surface area contributed by atoms with Gasteiger partial charge in [0.15, 0.2) is 11.9 Å². The number of nitrogens with one attached hydrogen (secondary N) is 1. The molecule has 0 bridgehead atoms. The second-order valence-electron chi connectivity index (χ2n) is 8.61. The molecule has 4 aromatic rings. The molecule has 11 heteroatoms. The van der Waals surface area contributed by atoms with Gasteiger partial charge in [0.1, 0.15) is 23.9 Å². The zero-order valence-corrected chi connectivity index (χ0v) is 24.4. The number of furan rings is 1. The maximum Gasteiger partial charge on any atom is 0.344 e. The van der Waals surface area contributed by atoms with Crippen LogP contribution in [0.5, 0.6) is 11.5 Å². The Morgan fingerprint density at radius 2 is 1.69 bits per heavy atom. The van der Waals surface area contributed by atoms with Gasteiger partial charge >= 0.3 is 11.9 Å². The highest BCUT2D eigenvalue weighted by Gasteiger charge is 2.17. The Morgan fingerprint density at radius 1 is 1.05 bits per heavy atom. The first-order chi connectivity index (χ1) is 18.6. The number of hydrogen-bond donors (Lipinski definition) is 2. The van der Waals surface area contributed by atoms with Crippen LogP contribution >= 0.6 is 31.9 Å². The van der Waals surface area contributed by atoms with Crippen molar-refractivity contribution in [3.05, 3.63) is 98.1 Å². The van der Waals surface area contributed by atoms with Crippen LogP contribution in [0, 0.1) is 13.8 Å². The van der Waals surface area contributed by atoms with Crippen molar-refractivity contribution in [1.82, 2.24) is 9.99 Å². The summed E-state index contributed by atoms with van der Waals surface area (Å²) in [7, 11) is 0. The van der Waals surface area contributed by atoms with Gasteiger partial charge in [-0.3, -0.25) is 4.79 Å². The molecule has 9 nitrogen and oxygen atoms in total. The monoisotopic (exact) mass is 657 g/mol. The summed E-state index contributed by atoms with van der Waals surface area (Å²) in [5.74, 6) is 0.00510. The summed E-state index contributed by atoms with van der Waals surface area (Å²) >= 11 is 6.72. The van der Waals surface area contributed by atoms with Gasteiger partial charge < -0.3 is 23.6 Å². The highest BCUT2D eigenvalue weighted by atomic mass is 79.9. The molecule has 2 N–H and O–H groups in total. The first kappa shape index (κ1) is 28.2. The number of carboxylic acid groups (broad SMARTS) is 1. The van der Waals surface area contributed by atoms with Crippen molar-refractivity contribution in [3.63, 3.8) is 0 Å². The predicted octanol–water partition coefficient (Wildman–Crippen LogP) is 6.41. The molecule has 0 saturated carbocycles. The van der Waals surface area contributed by atoms with Crippen LogP contribution in [0.3, 0.4) is 0 Å². The van der Waals surface area contributed by atoms with E-state index in [0.29, 0.717) is 31.8 Å². The number of carboxylic acids is 1. The topological polar surface area (TPSA) is 115 Å². The molecule has 202 valence electrons. The second-order valence-corrected chi connectivity index (χ2v) is 10.3. The van der Waals surface area contributed by atoms with Gasteiger partial charge in [0.2, 0.25) is 0 Å². The molecule has 0 radical (unpaired) electrons. The highest BCUT2D eigenvalue weighted by Crippen LogP contribution is 2.35. The number of aliphatic carboxylic acids is 1. The number of aromatic nitrogens is 1. The Kier molecular flexibility index (Phi) is 8.93. The first-order valence-corrected chi connectivity index (χ1v) is 13.4. The van der Waals surface area contributed by atoms with Crippen molar-refractivity contribution < 1.29 is 28.6 Å². The number of nitrogens with zero attached hydrogens (tertiary/aromatic N) is 2. The summed E-state index contributed by atoms with van der Waals surface area (Å²) in [5, 5.41) is 13.0. The SMILES string of the molecule is Cc1ccc(C)n1-c1ccc(OCc2ccc(C(=O)N/N=C/c3cc(Br)c(O[C@H](C)C(=O)O)c(Br)c3)o2)cc1. The van der Waals surface area contributed by atoms with Gasteiger partial charge in [-0.15, -0.1) is 0 Å². The Bertz CT molecular complexity index is 1480. The van der Waals surface area contributed by atoms with Gasteiger partial charge in [-0.2, -0.15) is 5.10 Å². The minimum absolute atomic E-state index is 0.0911. The average Bonchev–Trinajstić information content (AvgIpc) is 3.51. The second kappa shape index (κ2) is 12.4. The van der Waals surface area contributed by atoms with Crippen LogP contribution < -0.4 is 14.9 Å². The van der Waals surface area contributed by atoms with Crippen molar-refractivity contribution in [2.24, 2.45) is 5.10 Å². The summed E-state index contributed by atoms with van der Waals surface area (Å²) in [6, 6.07) is 18.5. The minimum Gasteiger partial charge on any atom is -0.486 e. The number of carbonyl (C=O) groups is 2. The molecular weight excluding hydrogens is 634 g/mol.